The number of sulfonamides is 1. The third-order valence-electron chi connectivity index (χ3n) is 2.03. The lowest BCUT2D eigenvalue weighted by Gasteiger charge is -2.15. The van der Waals surface area contributed by atoms with E-state index in [9.17, 15) is 13.2 Å². The molecule has 0 spiro atoms. The molecule has 0 radical (unpaired) electrons. The number of amides is 1. The minimum atomic E-state index is -3.80. The average molecular weight is 295 g/mol. The number of alkyl halides is 3. The van der Waals surface area contributed by atoms with Crippen LogP contribution in [0.5, 0.6) is 0 Å². The molecule has 0 aliphatic carbocycles. The molecule has 1 aliphatic heterocycles. The Hall–Kier alpha value is 0.290. The van der Waals surface area contributed by atoms with Gasteiger partial charge in [-0.1, -0.05) is 0 Å². The fraction of sp³-hybridized carbons (Fsp3) is 0.857. The Bertz CT molecular complexity index is 356. The second kappa shape index (κ2) is 4.65. The number of rotatable bonds is 3. The summed E-state index contributed by atoms with van der Waals surface area (Å²) in [6, 6.07) is 0. The Balaban J connectivity index is 2.84. The molecule has 1 heterocycles. The molecule has 1 amide bonds. The van der Waals surface area contributed by atoms with Gasteiger partial charge in [-0.15, -0.1) is 34.8 Å². The molecule has 0 N–H and O–H groups in total. The van der Waals surface area contributed by atoms with Gasteiger partial charge in [-0.05, 0) is 13.3 Å². The first kappa shape index (κ1) is 13.4. The molecule has 3 unspecified atom stereocenters. The number of nitrogens with zero attached hydrogens (tertiary/aromatic N) is 1. The van der Waals surface area contributed by atoms with Gasteiger partial charge < -0.3 is 0 Å². The second-order valence-electron chi connectivity index (χ2n) is 3.28. The molecule has 1 saturated heterocycles. The van der Waals surface area contributed by atoms with Crippen LogP contribution < -0.4 is 0 Å². The van der Waals surface area contributed by atoms with E-state index in [1.807, 2.05) is 0 Å². The first-order valence-electron chi connectivity index (χ1n) is 4.26. The van der Waals surface area contributed by atoms with Crippen molar-refractivity contribution in [1.29, 1.82) is 0 Å². The van der Waals surface area contributed by atoms with Crippen LogP contribution in [0, 0.1) is 0 Å². The van der Waals surface area contributed by atoms with Crippen LogP contribution in [0.25, 0.3) is 0 Å². The Morgan fingerprint density at radius 1 is 1.47 bits per heavy atom. The highest BCUT2D eigenvalue weighted by Gasteiger charge is 2.50. The Labute approximate surface area is 104 Å². The summed E-state index contributed by atoms with van der Waals surface area (Å²) >= 11 is 16.8. The molecule has 3 atom stereocenters. The summed E-state index contributed by atoms with van der Waals surface area (Å²) in [4.78, 5) is 11.4. The largest absolute Gasteiger partial charge is 0.272 e. The van der Waals surface area contributed by atoms with E-state index < -0.39 is 26.0 Å². The van der Waals surface area contributed by atoms with E-state index in [0.717, 1.165) is 0 Å². The predicted octanol–water partition coefficient (Wildman–Crippen LogP) is 1.35. The number of halogens is 3. The first-order chi connectivity index (χ1) is 6.78. The van der Waals surface area contributed by atoms with Gasteiger partial charge >= 0.3 is 0 Å². The normalized spacial score (nSPS) is 32.0. The van der Waals surface area contributed by atoms with E-state index >= 15 is 0 Å². The van der Waals surface area contributed by atoms with Crippen molar-refractivity contribution >= 4 is 50.7 Å². The lowest BCUT2D eigenvalue weighted by atomic mass is 10.3. The Kier molecular flexibility index (Phi) is 4.14. The molecule has 88 valence electrons. The van der Waals surface area contributed by atoms with Gasteiger partial charge in [-0.2, -0.15) is 0 Å². The van der Waals surface area contributed by atoms with Gasteiger partial charge in [0.1, 0.15) is 5.38 Å². The van der Waals surface area contributed by atoms with Crippen LogP contribution >= 0.6 is 34.8 Å². The first-order valence-corrected chi connectivity index (χ1v) is 7.07. The molecule has 0 aromatic carbocycles. The number of hydrogen-bond donors (Lipinski definition) is 0. The van der Waals surface area contributed by atoms with Crippen LogP contribution in [-0.2, 0) is 14.8 Å². The van der Waals surface area contributed by atoms with Crippen molar-refractivity contribution in [2.45, 2.75) is 28.8 Å². The van der Waals surface area contributed by atoms with Crippen LogP contribution in [-0.4, -0.2) is 40.6 Å². The van der Waals surface area contributed by atoms with Gasteiger partial charge in [0, 0.05) is 11.9 Å². The maximum Gasteiger partial charge on any atom is 0.256 e. The van der Waals surface area contributed by atoms with Crippen LogP contribution in [0.2, 0.25) is 0 Å². The second-order valence-corrected chi connectivity index (χ2v) is 7.20. The molecule has 1 fully saturated rings. The van der Waals surface area contributed by atoms with E-state index in [2.05, 4.69) is 0 Å². The monoisotopic (exact) mass is 293 g/mol. The van der Waals surface area contributed by atoms with E-state index in [-0.39, 0.29) is 11.9 Å². The fourth-order valence-electron chi connectivity index (χ4n) is 1.18. The molecule has 8 heteroatoms. The van der Waals surface area contributed by atoms with E-state index in [1.54, 1.807) is 6.92 Å². The van der Waals surface area contributed by atoms with Crippen LogP contribution in [0.1, 0.15) is 13.3 Å². The highest BCUT2D eigenvalue weighted by molar-refractivity contribution is 7.92. The summed E-state index contributed by atoms with van der Waals surface area (Å²) in [7, 11) is -3.80. The van der Waals surface area contributed by atoms with Crippen LogP contribution in [0.3, 0.4) is 0 Å². The predicted molar refractivity (Wildman–Crippen MR) is 59.8 cm³/mol. The number of carbonyl (C=O) groups is 1. The van der Waals surface area contributed by atoms with Crippen LogP contribution in [0.15, 0.2) is 0 Å². The smallest absolute Gasteiger partial charge is 0.256 e. The minimum absolute atomic E-state index is 0.0261. The molecule has 0 aromatic heterocycles. The van der Waals surface area contributed by atoms with Crippen molar-refractivity contribution < 1.29 is 13.2 Å². The summed E-state index contributed by atoms with van der Waals surface area (Å²) in [5.74, 6) is -0.672. The summed E-state index contributed by atoms with van der Waals surface area (Å²) < 4.78 is 22.5. The molecular weight excluding hydrogens is 285 g/mol. The quantitative estimate of drug-likeness (QED) is 0.738. The Morgan fingerprint density at radius 3 is 2.33 bits per heavy atom. The summed E-state index contributed by atoms with van der Waals surface area (Å²) in [5, 5.41) is -1.42. The van der Waals surface area contributed by atoms with Gasteiger partial charge in [0.15, 0.2) is 4.71 Å². The fourth-order valence-corrected chi connectivity index (χ4v) is 3.63. The molecule has 4 nitrogen and oxygen atoms in total. The van der Waals surface area contributed by atoms with Crippen molar-refractivity contribution in [1.82, 2.24) is 4.31 Å². The van der Waals surface area contributed by atoms with Crippen molar-refractivity contribution in [3.05, 3.63) is 0 Å². The van der Waals surface area contributed by atoms with E-state index in [0.29, 0.717) is 10.7 Å². The van der Waals surface area contributed by atoms with Crippen LogP contribution in [0.4, 0.5) is 0 Å². The summed E-state index contributed by atoms with van der Waals surface area (Å²) in [5.41, 5.74) is 0. The molecular formula is C7H10Cl3NO3S. The van der Waals surface area contributed by atoms with Crippen molar-refractivity contribution in [2.75, 3.05) is 6.54 Å². The highest BCUT2D eigenvalue weighted by Crippen LogP contribution is 2.30. The minimum Gasteiger partial charge on any atom is -0.272 e. The van der Waals surface area contributed by atoms with Crippen molar-refractivity contribution in [2.24, 2.45) is 0 Å². The molecule has 0 aromatic rings. The molecule has 1 aliphatic rings. The third-order valence-corrected chi connectivity index (χ3v) is 5.71. The van der Waals surface area contributed by atoms with E-state index in [1.165, 1.54) is 0 Å². The number of hydrogen-bond acceptors (Lipinski definition) is 3. The standard InChI is InChI=1S/C7H10Cl3NO3S/c1-4(8)2-3-11-7(12)5(9)6(10)15(11,13)14/h4-6H,2-3H2,1H3. The van der Waals surface area contributed by atoms with Gasteiger partial charge in [-0.3, -0.25) is 4.79 Å². The molecule has 15 heavy (non-hydrogen) atoms. The maximum absolute atomic E-state index is 11.6. The zero-order chi connectivity index (χ0) is 11.8. The number of carbonyl (C=O) groups excluding carboxylic acids is 1. The summed E-state index contributed by atoms with van der Waals surface area (Å²) in [6.45, 7) is 1.74. The van der Waals surface area contributed by atoms with Gasteiger partial charge in [0.05, 0.1) is 0 Å². The SMILES string of the molecule is CC(Cl)CCN1C(=O)C(Cl)C(Cl)S1(=O)=O. The van der Waals surface area contributed by atoms with Crippen molar-refractivity contribution in [3.63, 3.8) is 0 Å². The molecule has 0 bridgehead atoms. The van der Waals surface area contributed by atoms with Crippen molar-refractivity contribution in [3.8, 4) is 0 Å². The van der Waals surface area contributed by atoms with E-state index in [4.69, 9.17) is 34.8 Å². The molecule has 0 saturated carbocycles. The lowest BCUT2D eigenvalue weighted by molar-refractivity contribution is -0.124. The molecule has 1 rings (SSSR count). The highest BCUT2D eigenvalue weighted by atomic mass is 35.5. The van der Waals surface area contributed by atoms with Gasteiger partial charge in [-0.25, -0.2) is 12.7 Å². The summed E-state index contributed by atoms with van der Waals surface area (Å²) in [6.07, 6.45) is 0.375. The van der Waals surface area contributed by atoms with Gasteiger partial charge in [0.2, 0.25) is 0 Å². The zero-order valence-corrected chi connectivity index (χ0v) is 10.9. The zero-order valence-electron chi connectivity index (χ0n) is 7.86. The Morgan fingerprint density at radius 2 is 2.00 bits per heavy atom. The maximum atomic E-state index is 11.6. The average Bonchev–Trinajstić information content (AvgIpc) is 2.26. The third kappa shape index (κ3) is 2.52. The topological polar surface area (TPSA) is 54.5 Å². The van der Waals surface area contributed by atoms with Gasteiger partial charge in [0.25, 0.3) is 15.9 Å². The lowest BCUT2D eigenvalue weighted by Crippen LogP contribution is -2.33.